The van der Waals surface area contributed by atoms with Crippen LogP contribution in [0.5, 0.6) is 0 Å². The second-order valence-corrected chi connectivity index (χ2v) is 8.48. The number of aliphatic hydroxyl groups is 1. The normalized spacial score (nSPS) is 18.1. The van der Waals surface area contributed by atoms with E-state index in [0.29, 0.717) is 0 Å². The Balaban J connectivity index is 2.36. The van der Waals surface area contributed by atoms with Gasteiger partial charge in [0, 0.05) is 11.1 Å². The summed E-state index contributed by atoms with van der Waals surface area (Å²) in [5.41, 5.74) is 5.72. The van der Waals surface area contributed by atoms with Crippen molar-refractivity contribution in [2.24, 2.45) is 11.5 Å². The highest BCUT2D eigenvalue weighted by atomic mass is 32.2. The molecule has 1 atom stereocenters. The Bertz CT molecular complexity index is 1300. The molecule has 2 aromatic carbocycles. The van der Waals surface area contributed by atoms with Crippen LogP contribution in [-0.2, 0) is 14.9 Å². The molecular weight excluding hydrogens is 454 g/mol. The molecule has 3 rings (SSSR count). The van der Waals surface area contributed by atoms with Crippen LogP contribution in [0.4, 0.5) is 0 Å². The summed E-state index contributed by atoms with van der Waals surface area (Å²) in [7, 11) is -5.41. The number of Topliss-reactive ketones (excluding diaryl/α,β-unsaturated/α-hetero) is 1. The quantitative estimate of drug-likeness (QED) is 0.184. The Morgan fingerprint density at radius 2 is 1.39 bits per heavy atom. The molecule has 172 valence electrons. The van der Waals surface area contributed by atoms with E-state index < -0.39 is 61.3 Å². The lowest BCUT2D eigenvalue weighted by atomic mass is 9.82. The van der Waals surface area contributed by atoms with Gasteiger partial charge in [-0.15, -0.1) is 0 Å². The van der Waals surface area contributed by atoms with Gasteiger partial charge in [-0.05, 0) is 12.1 Å². The van der Waals surface area contributed by atoms with Gasteiger partial charge in [0.15, 0.2) is 5.78 Å². The highest BCUT2D eigenvalue weighted by Crippen LogP contribution is 2.37. The molecule has 0 bridgehead atoms. The molecule has 2 aromatic rings. The van der Waals surface area contributed by atoms with E-state index in [-0.39, 0.29) is 11.1 Å². The first-order chi connectivity index (χ1) is 15.4. The minimum Gasteiger partial charge on any atom is -0.478 e. The Morgan fingerprint density at radius 3 is 1.85 bits per heavy atom. The first kappa shape index (κ1) is 24.0. The van der Waals surface area contributed by atoms with Gasteiger partial charge in [0.25, 0.3) is 16.0 Å². The van der Waals surface area contributed by atoms with Crippen LogP contribution >= 0.6 is 0 Å². The van der Waals surface area contributed by atoms with Crippen molar-refractivity contribution in [2.75, 3.05) is 0 Å². The fourth-order valence-electron chi connectivity index (χ4n) is 3.34. The minimum atomic E-state index is -5.41. The smallest absolute Gasteiger partial charge is 0.335 e. The van der Waals surface area contributed by atoms with Crippen LogP contribution < -0.4 is 16.8 Å². The topological polar surface area (TPSA) is 210 Å². The van der Waals surface area contributed by atoms with Gasteiger partial charge in [-0.2, -0.15) is 8.42 Å². The highest BCUT2D eigenvalue weighted by Gasteiger charge is 2.51. The Morgan fingerprint density at radius 1 is 0.909 bits per heavy atom. The van der Waals surface area contributed by atoms with Crippen LogP contribution in [0, 0.1) is 0 Å². The molecule has 1 aliphatic rings. The summed E-state index contributed by atoms with van der Waals surface area (Å²) in [6.45, 7) is 0. The molecule has 0 aliphatic heterocycles. The molecule has 12 heteroatoms. The van der Waals surface area contributed by atoms with Crippen molar-refractivity contribution < 1.29 is 37.6 Å². The molecule has 33 heavy (non-hydrogen) atoms. The van der Waals surface area contributed by atoms with Gasteiger partial charge in [0.05, 0.1) is 16.8 Å². The van der Waals surface area contributed by atoms with Crippen molar-refractivity contribution in [3.63, 3.8) is 0 Å². The number of aliphatic carboxylic acids is 1. The van der Waals surface area contributed by atoms with E-state index >= 15 is 0 Å². The number of benzene rings is 2. The van der Waals surface area contributed by atoms with Crippen molar-refractivity contribution in [1.29, 1.82) is 0 Å². The predicted octanol–water partition coefficient (Wildman–Crippen LogP) is -0.232. The molecule has 0 radical (unpaired) electrons. The van der Waals surface area contributed by atoms with Gasteiger partial charge < -0.3 is 27.0 Å². The van der Waals surface area contributed by atoms with Gasteiger partial charge in [-0.1, -0.05) is 48.5 Å². The number of aliphatic hydroxyl groups excluding tert-OH is 1. The first-order valence-electron chi connectivity index (χ1n) is 9.29. The fourth-order valence-corrected chi connectivity index (χ4v) is 4.28. The Hall–Kier alpha value is -3.68. The number of amides is 1. The van der Waals surface area contributed by atoms with E-state index in [4.69, 9.17) is 11.5 Å². The third kappa shape index (κ3) is 4.46. The van der Waals surface area contributed by atoms with Gasteiger partial charge in [0.1, 0.15) is 16.7 Å². The van der Waals surface area contributed by atoms with Crippen molar-refractivity contribution in [1.82, 2.24) is 5.32 Å². The average molecular weight is 473 g/mol. The van der Waals surface area contributed by atoms with Crippen LogP contribution in [0.3, 0.4) is 0 Å². The number of hydrogen-bond acceptors (Lipinski definition) is 8. The number of carbonyl (C=O) groups excluding carboxylic acids is 2. The summed E-state index contributed by atoms with van der Waals surface area (Å²) in [6, 6.07) is 14.3. The van der Waals surface area contributed by atoms with Crippen LogP contribution in [0.15, 0.2) is 82.4 Å². The van der Waals surface area contributed by atoms with Gasteiger partial charge in [0.2, 0.25) is 0 Å². The zero-order valence-electron chi connectivity index (χ0n) is 16.8. The molecule has 1 amide bonds. The van der Waals surface area contributed by atoms with Crippen molar-refractivity contribution >= 4 is 27.8 Å². The molecule has 1 aliphatic carbocycles. The number of rotatable bonds is 6. The Kier molecular flexibility index (Phi) is 6.31. The number of carboxylic acid groups (broad SMARTS) is 1. The summed E-state index contributed by atoms with van der Waals surface area (Å²) in [6.07, 6.45) is -2.34. The molecule has 0 saturated heterocycles. The minimum absolute atomic E-state index is 0.0222. The van der Waals surface area contributed by atoms with Crippen LogP contribution in [-0.4, -0.2) is 52.6 Å². The largest absolute Gasteiger partial charge is 0.478 e. The van der Waals surface area contributed by atoms with E-state index in [0.717, 1.165) is 0 Å². The number of nitrogens with two attached hydrogens (primary N) is 2. The molecular formula is C21H19N3O8S. The van der Waals surface area contributed by atoms with E-state index in [1.807, 2.05) is 0 Å². The maximum Gasteiger partial charge on any atom is 0.335 e. The molecule has 1 unspecified atom stereocenters. The summed E-state index contributed by atoms with van der Waals surface area (Å²) < 4.78 is 34.8. The molecule has 0 heterocycles. The number of hydrogen-bond donors (Lipinski definition) is 6. The number of carboxylic acids is 1. The maximum atomic E-state index is 13.2. The lowest BCUT2D eigenvalue weighted by Gasteiger charge is -2.38. The number of nitrogens with one attached hydrogen (secondary N) is 1. The molecule has 0 fully saturated rings. The van der Waals surface area contributed by atoms with E-state index in [1.54, 1.807) is 12.1 Å². The lowest BCUT2D eigenvalue weighted by molar-refractivity contribution is -0.134. The number of ketones is 1. The molecule has 0 spiro atoms. The van der Waals surface area contributed by atoms with Crippen molar-refractivity contribution in [3.05, 3.63) is 93.5 Å². The van der Waals surface area contributed by atoms with Crippen LogP contribution in [0.25, 0.3) is 0 Å². The lowest BCUT2D eigenvalue weighted by Crippen LogP contribution is -2.66. The first-order valence-corrected chi connectivity index (χ1v) is 10.7. The monoisotopic (exact) mass is 473 g/mol. The molecule has 0 saturated carbocycles. The van der Waals surface area contributed by atoms with E-state index in [1.165, 1.54) is 48.5 Å². The van der Waals surface area contributed by atoms with E-state index in [9.17, 15) is 37.6 Å². The van der Waals surface area contributed by atoms with Crippen LogP contribution in [0.1, 0.15) is 20.7 Å². The molecule has 8 N–H and O–H groups in total. The van der Waals surface area contributed by atoms with Crippen molar-refractivity contribution in [2.45, 2.75) is 11.8 Å². The third-order valence-corrected chi connectivity index (χ3v) is 5.83. The zero-order valence-corrected chi connectivity index (χ0v) is 17.6. The number of carbonyl (C=O) groups is 3. The van der Waals surface area contributed by atoms with Crippen molar-refractivity contribution in [3.8, 4) is 0 Å². The summed E-state index contributed by atoms with van der Waals surface area (Å²) >= 11 is 0. The van der Waals surface area contributed by atoms with Gasteiger partial charge in [-0.25, -0.2) is 4.79 Å². The molecule has 0 aromatic heterocycles. The van der Waals surface area contributed by atoms with Gasteiger partial charge >= 0.3 is 5.97 Å². The summed E-state index contributed by atoms with van der Waals surface area (Å²) in [5.74, 6) is -4.01. The third-order valence-electron chi connectivity index (χ3n) is 4.91. The zero-order chi connectivity index (χ0) is 24.6. The highest BCUT2D eigenvalue weighted by molar-refractivity contribution is 7.90. The van der Waals surface area contributed by atoms with Gasteiger partial charge in [-0.3, -0.25) is 14.1 Å². The SMILES string of the molecule is NC1(N)C(NC(=O)c2ccccc2)=C(S(=O)(=O)O)C(C(=O)c2ccccc2)=C(C(=O)O)C1O. The second kappa shape index (κ2) is 8.69. The maximum absolute atomic E-state index is 13.2. The summed E-state index contributed by atoms with van der Waals surface area (Å²) in [5, 5.41) is 22.5. The number of allylic oxidation sites excluding steroid dienone is 1. The predicted molar refractivity (Wildman–Crippen MR) is 115 cm³/mol. The molecule has 11 nitrogen and oxygen atoms in total. The second-order valence-electron chi connectivity index (χ2n) is 7.12. The Labute approximate surface area is 187 Å². The average Bonchev–Trinajstić information content (AvgIpc) is 2.76. The van der Waals surface area contributed by atoms with E-state index in [2.05, 4.69) is 5.32 Å². The van der Waals surface area contributed by atoms with Crippen LogP contribution in [0.2, 0.25) is 0 Å². The standard InChI is InChI=1S/C21H19N3O8S/c22-21(23)17(24-19(27)12-9-5-2-6-10-12)16(33(30,31)32)13(14(18(21)26)20(28)29)15(25)11-7-3-1-4-8-11/h1-10,18,26H,22-23H2,(H,24,27)(H,28,29)(H,30,31,32). The summed E-state index contributed by atoms with van der Waals surface area (Å²) in [4.78, 5) is 36.5. The fraction of sp³-hybridized carbons (Fsp3) is 0.0952.